The fraction of sp³-hybridized carbons (Fsp3) is 0.250. The number of aromatic nitrogens is 3. The lowest BCUT2D eigenvalue weighted by atomic mass is 10.2. The molecule has 2 aromatic carbocycles. The Kier molecular flexibility index (Phi) is 6.04. The third-order valence-electron chi connectivity index (χ3n) is 4.32. The van der Waals surface area contributed by atoms with Gasteiger partial charge in [-0.15, -0.1) is 5.10 Å². The van der Waals surface area contributed by atoms with Gasteiger partial charge in [-0.1, -0.05) is 29.5 Å². The van der Waals surface area contributed by atoms with Crippen LogP contribution in [0.4, 0.5) is 17.6 Å². The summed E-state index contributed by atoms with van der Waals surface area (Å²) >= 11 is 0. The highest BCUT2D eigenvalue weighted by atomic mass is 19.4. The van der Waals surface area contributed by atoms with Crippen LogP contribution < -0.4 is 4.74 Å². The lowest BCUT2D eigenvalue weighted by molar-refractivity contribution is -0.143. The lowest BCUT2D eigenvalue weighted by Gasteiger charge is -2.18. The van der Waals surface area contributed by atoms with Crippen LogP contribution in [0.5, 0.6) is 5.75 Å². The summed E-state index contributed by atoms with van der Waals surface area (Å²) in [7, 11) is 1.34. The monoisotopic (exact) mass is 422 g/mol. The van der Waals surface area contributed by atoms with Gasteiger partial charge >= 0.3 is 6.18 Å². The van der Waals surface area contributed by atoms with Gasteiger partial charge in [0.1, 0.15) is 18.2 Å². The highest BCUT2D eigenvalue weighted by Crippen LogP contribution is 2.33. The number of carbonyl (C=O) groups is 1. The van der Waals surface area contributed by atoms with Crippen molar-refractivity contribution >= 4 is 5.91 Å². The zero-order chi connectivity index (χ0) is 21.9. The number of hydrogen-bond acceptors (Lipinski definition) is 4. The van der Waals surface area contributed by atoms with Crippen molar-refractivity contribution in [1.82, 2.24) is 19.9 Å². The van der Waals surface area contributed by atoms with E-state index in [0.29, 0.717) is 10.4 Å². The molecular weight excluding hydrogens is 404 g/mol. The second-order valence-corrected chi connectivity index (χ2v) is 6.52. The predicted octanol–water partition coefficient (Wildman–Crippen LogP) is 3.88. The van der Waals surface area contributed by atoms with E-state index in [1.165, 1.54) is 19.2 Å². The Labute approximate surface area is 169 Å². The third-order valence-corrected chi connectivity index (χ3v) is 4.32. The molecule has 1 aromatic heterocycles. The van der Waals surface area contributed by atoms with Crippen molar-refractivity contribution in [3.8, 4) is 11.4 Å². The number of para-hydroxylation sites is 1. The first-order valence-electron chi connectivity index (χ1n) is 8.91. The molecular formula is C20H18F4N4O2. The third kappa shape index (κ3) is 4.58. The van der Waals surface area contributed by atoms with Crippen molar-refractivity contribution in [3.05, 3.63) is 71.3 Å². The van der Waals surface area contributed by atoms with E-state index in [2.05, 4.69) is 10.3 Å². The summed E-state index contributed by atoms with van der Waals surface area (Å²) in [5, 5.41) is 6.87. The Hall–Kier alpha value is -3.43. The molecule has 0 fully saturated rings. The van der Waals surface area contributed by atoms with Gasteiger partial charge in [0, 0.05) is 7.05 Å². The normalized spacial score (nSPS) is 11.4. The van der Waals surface area contributed by atoms with Gasteiger partial charge in [-0.2, -0.15) is 13.2 Å². The molecule has 0 unspecified atom stereocenters. The maximum Gasteiger partial charge on any atom is 0.435 e. The van der Waals surface area contributed by atoms with Crippen LogP contribution in [0.25, 0.3) is 5.69 Å². The van der Waals surface area contributed by atoms with Crippen molar-refractivity contribution in [2.24, 2.45) is 0 Å². The summed E-state index contributed by atoms with van der Waals surface area (Å²) in [4.78, 5) is 13.7. The van der Waals surface area contributed by atoms with E-state index in [1.54, 1.807) is 12.1 Å². The maximum absolute atomic E-state index is 13.7. The first-order chi connectivity index (χ1) is 14.2. The van der Waals surface area contributed by atoms with E-state index >= 15 is 0 Å². The van der Waals surface area contributed by atoms with Crippen LogP contribution in [0, 0.1) is 12.7 Å². The minimum atomic E-state index is -4.93. The molecule has 0 aliphatic rings. The van der Waals surface area contributed by atoms with E-state index in [4.69, 9.17) is 4.74 Å². The van der Waals surface area contributed by atoms with Gasteiger partial charge in [0.15, 0.2) is 11.4 Å². The molecule has 6 nitrogen and oxygen atoms in total. The van der Waals surface area contributed by atoms with Gasteiger partial charge in [0.25, 0.3) is 5.91 Å². The molecule has 0 aliphatic heterocycles. The standard InChI is InChI=1S/C20H18F4N4O2/c1-13-6-3-4-9-16(13)30-11-10-27(2)19(29)17-18(20(22,23)24)28(26-25-17)15-8-5-7-14(21)12-15/h3-9,12H,10-11H2,1-2H3. The summed E-state index contributed by atoms with van der Waals surface area (Å²) in [6, 6.07) is 11.7. The summed E-state index contributed by atoms with van der Waals surface area (Å²) in [5.41, 5.74) is -1.54. The molecule has 3 aromatic rings. The number of likely N-dealkylation sites (N-methyl/N-ethyl adjacent to an activating group) is 1. The number of nitrogens with zero attached hydrogens (tertiary/aromatic N) is 4. The molecule has 10 heteroatoms. The van der Waals surface area contributed by atoms with Crippen molar-refractivity contribution in [2.75, 3.05) is 20.2 Å². The number of aryl methyl sites for hydroxylation is 1. The lowest BCUT2D eigenvalue weighted by Crippen LogP contribution is -2.33. The van der Waals surface area contributed by atoms with E-state index in [-0.39, 0.29) is 18.8 Å². The Morgan fingerprint density at radius 1 is 1.17 bits per heavy atom. The topological polar surface area (TPSA) is 60.2 Å². The zero-order valence-electron chi connectivity index (χ0n) is 16.2. The Bertz CT molecular complexity index is 1050. The van der Waals surface area contributed by atoms with Crippen molar-refractivity contribution in [2.45, 2.75) is 13.1 Å². The summed E-state index contributed by atoms with van der Waals surface area (Å²) in [5.74, 6) is -1.10. The van der Waals surface area contributed by atoms with E-state index in [0.717, 1.165) is 22.6 Å². The smallest absolute Gasteiger partial charge is 0.435 e. The van der Waals surface area contributed by atoms with Crippen molar-refractivity contribution in [3.63, 3.8) is 0 Å². The second kappa shape index (κ2) is 8.52. The molecule has 0 radical (unpaired) electrons. The van der Waals surface area contributed by atoms with Gasteiger partial charge in [-0.25, -0.2) is 9.07 Å². The average molecular weight is 422 g/mol. The number of halogens is 4. The van der Waals surface area contributed by atoms with Gasteiger partial charge in [-0.3, -0.25) is 4.79 Å². The summed E-state index contributed by atoms with van der Waals surface area (Å²) in [6.07, 6.45) is -4.93. The largest absolute Gasteiger partial charge is 0.491 e. The van der Waals surface area contributed by atoms with E-state index in [9.17, 15) is 22.4 Å². The molecule has 0 saturated carbocycles. The molecule has 0 bridgehead atoms. The average Bonchev–Trinajstić information content (AvgIpc) is 3.14. The number of rotatable bonds is 6. The maximum atomic E-state index is 13.7. The van der Waals surface area contributed by atoms with Crippen molar-refractivity contribution in [1.29, 1.82) is 0 Å². The summed E-state index contributed by atoms with van der Waals surface area (Å²) < 4.78 is 60.5. The number of alkyl halides is 3. The second-order valence-electron chi connectivity index (χ2n) is 6.52. The van der Waals surface area contributed by atoms with Crippen molar-refractivity contribution < 1.29 is 27.1 Å². The molecule has 30 heavy (non-hydrogen) atoms. The molecule has 0 aliphatic carbocycles. The molecule has 3 rings (SSSR count). The van der Waals surface area contributed by atoms with Crippen LogP contribution in [-0.4, -0.2) is 46.0 Å². The Morgan fingerprint density at radius 2 is 1.90 bits per heavy atom. The molecule has 0 atom stereocenters. The quantitative estimate of drug-likeness (QED) is 0.566. The minimum absolute atomic E-state index is 0.0251. The fourth-order valence-corrected chi connectivity index (χ4v) is 2.76. The zero-order valence-corrected chi connectivity index (χ0v) is 16.2. The van der Waals surface area contributed by atoms with Gasteiger partial charge in [0.2, 0.25) is 0 Å². The van der Waals surface area contributed by atoms with Crippen LogP contribution in [0.1, 0.15) is 21.7 Å². The Morgan fingerprint density at radius 3 is 2.57 bits per heavy atom. The van der Waals surface area contributed by atoms with Crippen LogP contribution in [0.2, 0.25) is 0 Å². The highest BCUT2D eigenvalue weighted by molar-refractivity contribution is 5.93. The number of hydrogen-bond donors (Lipinski definition) is 0. The molecule has 0 saturated heterocycles. The number of carbonyl (C=O) groups excluding carboxylic acids is 1. The van der Waals surface area contributed by atoms with Crippen LogP contribution in [0.15, 0.2) is 48.5 Å². The number of amides is 1. The fourth-order valence-electron chi connectivity index (χ4n) is 2.76. The van der Waals surface area contributed by atoms with Crippen LogP contribution in [-0.2, 0) is 6.18 Å². The Balaban J connectivity index is 1.80. The number of ether oxygens (including phenoxy) is 1. The number of benzene rings is 2. The SMILES string of the molecule is Cc1ccccc1OCCN(C)C(=O)c1nnn(-c2cccc(F)c2)c1C(F)(F)F. The van der Waals surface area contributed by atoms with E-state index in [1.807, 2.05) is 19.1 Å². The van der Waals surface area contributed by atoms with Gasteiger partial charge < -0.3 is 9.64 Å². The highest BCUT2D eigenvalue weighted by Gasteiger charge is 2.42. The minimum Gasteiger partial charge on any atom is -0.491 e. The van der Waals surface area contributed by atoms with Gasteiger partial charge in [-0.05, 0) is 36.8 Å². The predicted molar refractivity (Wildman–Crippen MR) is 100.0 cm³/mol. The molecule has 1 heterocycles. The first kappa shape index (κ1) is 21.3. The van der Waals surface area contributed by atoms with Crippen LogP contribution in [0.3, 0.4) is 0 Å². The summed E-state index contributed by atoms with van der Waals surface area (Å²) in [6.45, 7) is 1.95. The molecule has 158 valence electrons. The molecule has 0 N–H and O–H groups in total. The van der Waals surface area contributed by atoms with E-state index < -0.39 is 29.3 Å². The van der Waals surface area contributed by atoms with Gasteiger partial charge in [0.05, 0.1) is 12.2 Å². The van der Waals surface area contributed by atoms with Crippen LogP contribution >= 0.6 is 0 Å². The molecule has 1 amide bonds. The first-order valence-corrected chi connectivity index (χ1v) is 8.91. The molecule has 0 spiro atoms.